The molecule has 2 aromatic rings. The zero-order valence-corrected chi connectivity index (χ0v) is 40.3. The van der Waals surface area contributed by atoms with Crippen LogP contribution in [0.15, 0.2) is 58.5 Å². The molecule has 0 heterocycles. The molecule has 0 unspecified atom stereocenters. The monoisotopic (exact) mass is 855 g/mol. The molecule has 2 rings (SSSR count). The van der Waals surface area contributed by atoms with Gasteiger partial charge in [-0.3, -0.25) is 9.98 Å². The van der Waals surface area contributed by atoms with Gasteiger partial charge in [0.25, 0.3) is 0 Å². The molecule has 0 amide bonds. The van der Waals surface area contributed by atoms with Crippen molar-refractivity contribution in [2.24, 2.45) is 9.98 Å². The molecule has 0 aliphatic rings. The van der Waals surface area contributed by atoms with Crippen molar-refractivity contribution < 1.29 is 16.5 Å². The van der Waals surface area contributed by atoms with Crippen LogP contribution in [0.5, 0.6) is 0 Å². The third-order valence-electron chi connectivity index (χ3n) is 12.5. The number of hydrogen-bond acceptors (Lipinski definition) is 2. The molecule has 0 atom stereocenters. The average Bonchev–Trinajstić information content (AvgIpc) is 3.24. The van der Waals surface area contributed by atoms with Gasteiger partial charge in [-0.15, -0.1) is 0 Å². The first-order chi connectivity index (χ1) is 28.8. The summed E-state index contributed by atoms with van der Waals surface area (Å²) >= 11 is 0. The Kier molecular flexibility index (Phi) is 41.5. The van der Waals surface area contributed by atoms with E-state index in [1.165, 1.54) is 255 Å². The summed E-state index contributed by atoms with van der Waals surface area (Å²) in [6.45, 7) is 4.61. The van der Waals surface area contributed by atoms with Gasteiger partial charge in [-0.25, -0.2) is 0 Å². The summed E-state index contributed by atoms with van der Waals surface area (Å²) in [6.07, 6.45) is 60.3. The second-order valence-corrected chi connectivity index (χ2v) is 18.1. The Hall–Kier alpha value is -1.73. The van der Waals surface area contributed by atoms with Crippen molar-refractivity contribution in [1.29, 1.82) is 0 Å². The van der Waals surface area contributed by atoms with E-state index >= 15 is 0 Å². The van der Waals surface area contributed by atoms with E-state index in [-0.39, 0.29) is 16.5 Å². The molecular weight excluding hydrogens is 759 g/mol. The summed E-state index contributed by atoms with van der Waals surface area (Å²) in [5, 5.41) is 0. The van der Waals surface area contributed by atoms with Crippen LogP contribution >= 0.6 is 0 Å². The third kappa shape index (κ3) is 36.6. The van der Waals surface area contributed by atoms with Gasteiger partial charge in [0.1, 0.15) is 0 Å². The summed E-state index contributed by atoms with van der Waals surface area (Å²) in [5.41, 5.74) is 4.86. The summed E-state index contributed by atoms with van der Waals surface area (Å²) in [4.78, 5) is 9.39. The topological polar surface area (TPSA) is 24.7 Å². The average molecular weight is 856 g/mol. The maximum Gasteiger partial charge on any atom is 0.0633 e. The van der Waals surface area contributed by atoms with E-state index in [9.17, 15) is 0 Å². The predicted octanol–water partition coefficient (Wildman–Crippen LogP) is 19.7. The standard InChI is InChI=1S/C56H96N2.Ni/c1-3-5-7-9-11-13-15-17-19-21-23-25-27-29-31-33-35-37-39-43-53-45-41-47-55(51-53)57-49-50-58-56-48-42-46-54(52-56)44-40-38-36-34-32-30-28-26-24-22-20-18-16-14-12-10-8-6-4-2;/h41-42,45-52H,3-40,43-44H2,1-2H3;. The molecule has 0 aliphatic heterocycles. The summed E-state index contributed by atoms with van der Waals surface area (Å²) in [5.74, 6) is 0. The number of unbranched alkanes of at least 4 members (excludes halogenated alkanes) is 36. The molecule has 0 spiro atoms. The number of aryl methyl sites for hydroxylation is 2. The van der Waals surface area contributed by atoms with Gasteiger partial charge in [0.2, 0.25) is 0 Å². The van der Waals surface area contributed by atoms with Crippen LogP contribution in [0.3, 0.4) is 0 Å². The number of hydrogen-bond donors (Lipinski definition) is 0. The van der Waals surface area contributed by atoms with Gasteiger partial charge >= 0.3 is 0 Å². The first kappa shape index (κ1) is 55.3. The van der Waals surface area contributed by atoms with Gasteiger partial charge in [0, 0.05) is 28.9 Å². The van der Waals surface area contributed by atoms with Crippen LogP contribution in [0.2, 0.25) is 0 Å². The van der Waals surface area contributed by atoms with Crippen LogP contribution in [0.25, 0.3) is 0 Å². The maximum atomic E-state index is 4.69. The van der Waals surface area contributed by atoms with Gasteiger partial charge in [0.05, 0.1) is 11.4 Å². The van der Waals surface area contributed by atoms with Gasteiger partial charge in [-0.1, -0.05) is 269 Å². The van der Waals surface area contributed by atoms with Crippen LogP contribution in [0, 0.1) is 0 Å². The van der Waals surface area contributed by atoms with Gasteiger partial charge in [0.15, 0.2) is 0 Å². The fraction of sp³-hybridized carbons (Fsp3) is 0.750. The molecule has 2 nitrogen and oxygen atoms in total. The van der Waals surface area contributed by atoms with E-state index < -0.39 is 0 Å². The van der Waals surface area contributed by atoms with Gasteiger partial charge in [-0.2, -0.15) is 0 Å². The second-order valence-electron chi connectivity index (χ2n) is 18.1. The van der Waals surface area contributed by atoms with E-state index in [1.54, 1.807) is 0 Å². The molecular formula is C56H96N2Ni. The SMILES string of the molecule is CCCCCCCCCCCCCCCCCCCCCc1cccc(N=CC=Nc2cccc(CCCCCCCCCCCCCCCCCCCCC)c2)c1.[Ni]. The van der Waals surface area contributed by atoms with Crippen molar-refractivity contribution in [2.45, 2.75) is 271 Å². The van der Waals surface area contributed by atoms with Crippen LogP contribution in [-0.2, 0) is 29.3 Å². The van der Waals surface area contributed by atoms with E-state index in [4.69, 9.17) is 9.98 Å². The van der Waals surface area contributed by atoms with Crippen molar-refractivity contribution in [2.75, 3.05) is 0 Å². The van der Waals surface area contributed by atoms with Crippen LogP contribution in [-0.4, -0.2) is 12.4 Å². The van der Waals surface area contributed by atoms with Crippen molar-refractivity contribution >= 4 is 23.8 Å². The molecule has 0 aliphatic carbocycles. The molecule has 340 valence electrons. The maximum absolute atomic E-state index is 4.69. The molecule has 2 aromatic carbocycles. The van der Waals surface area contributed by atoms with Crippen LogP contribution < -0.4 is 0 Å². The Balaban J connectivity index is 0.0000174. The van der Waals surface area contributed by atoms with Crippen molar-refractivity contribution in [3.8, 4) is 0 Å². The minimum absolute atomic E-state index is 0. The van der Waals surface area contributed by atoms with Crippen molar-refractivity contribution in [3.63, 3.8) is 0 Å². The molecule has 0 aromatic heterocycles. The zero-order valence-electron chi connectivity index (χ0n) is 39.3. The largest absolute Gasteiger partial charge is 0.255 e. The quantitative estimate of drug-likeness (QED) is 0.0361. The van der Waals surface area contributed by atoms with Crippen molar-refractivity contribution in [1.82, 2.24) is 0 Å². The minimum Gasteiger partial charge on any atom is -0.255 e. The number of nitrogens with zero attached hydrogens (tertiary/aromatic N) is 2. The first-order valence-corrected chi connectivity index (χ1v) is 26.1. The van der Waals surface area contributed by atoms with Crippen molar-refractivity contribution in [3.05, 3.63) is 59.7 Å². The normalized spacial score (nSPS) is 11.6. The Morgan fingerprint density at radius 1 is 0.305 bits per heavy atom. The molecule has 0 saturated carbocycles. The Bertz CT molecular complexity index is 1110. The Labute approximate surface area is 378 Å². The Morgan fingerprint density at radius 3 is 0.763 bits per heavy atom. The number of rotatable bonds is 43. The van der Waals surface area contributed by atoms with Gasteiger partial charge < -0.3 is 0 Å². The summed E-state index contributed by atoms with van der Waals surface area (Å²) in [7, 11) is 0. The molecule has 0 radical (unpaired) electrons. The summed E-state index contributed by atoms with van der Waals surface area (Å²) < 4.78 is 0. The predicted molar refractivity (Wildman–Crippen MR) is 263 cm³/mol. The smallest absolute Gasteiger partial charge is 0.0633 e. The molecule has 59 heavy (non-hydrogen) atoms. The van der Waals surface area contributed by atoms with Crippen LogP contribution in [0.1, 0.15) is 269 Å². The second kappa shape index (κ2) is 44.3. The number of aliphatic imine (C=N–C) groups is 2. The fourth-order valence-corrected chi connectivity index (χ4v) is 8.64. The number of benzene rings is 2. The van der Waals surface area contributed by atoms with E-state index in [0.717, 1.165) is 24.2 Å². The molecule has 0 fully saturated rings. The molecule has 3 heteroatoms. The van der Waals surface area contributed by atoms with Gasteiger partial charge in [-0.05, 0) is 61.1 Å². The Morgan fingerprint density at radius 2 is 0.525 bits per heavy atom. The fourth-order valence-electron chi connectivity index (χ4n) is 8.64. The third-order valence-corrected chi connectivity index (χ3v) is 12.5. The van der Waals surface area contributed by atoms with E-state index in [1.807, 2.05) is 12.4 Å². The van der Waals surface area contributed by atoms with E-state index in [0.29, 0.717) is 0 Å². The molecule has 0 N–H and O–H groups in total. The summed E-state index contributed by atoms with van der Waals surface area (Å²) in [6, 6.07) is 17.5. The minimum atomic E-state index is 0. The molecule has 0 bridgehead atoms. The zero-order chi connectivity index (χ0) is 41.1. The van der Waals surface area contributed by atoms with E-state index in [2.05, 4.69) is 62.4 Å². The first-order valence-electron chi connectivity index (χ1n) is 26.1. The van der Waals surface area contributed by atoms with Crippen LogP contribution in [0.4, 0.5) is 11.4 Å². The molecule has 0 saturated heterocycles.